The summed E-state index contributed by atoms with van der Waals surface area (Å²) in [6.45, 7) is 0. The summed E-state index contributed by atoms with van der Waals surface area (Å²) in [6, 6.07) is 9.26. The molecule has 0 atom stereocenters. The average Bonchev–Trinajstić information content (AvgIpc) is 2.78. The van der Waals surface area contributed by atoms with E-state index in [4.69, 9.17) is 5.11 Å². The van der Waals surface area contributed by atoms with Crippen LogP contribution in [0.3, 0.4) is 0 Å². The van der Waals surface area contributed by atoms with Crippen LogP contribution in [0, 0.1) is 10.1 Å². The van der Waals surface area contributed by atoms with Crippen LogP contribution in [0.2, 0.25) is 0 Å². The molecule has 2 aromatic rings. The maximum atomic E-state index is 12.3. The Morgan fingerprint density at radius 3 is 2.09 bits per heavy atom. The first-order chi connectivity index (χ1) is 10.9. The van der Waals surface area contributed by atoms with Gasteiger partial charge in [-0.05, 0) is 24.3 Å². The third kappa shape index (κ3) is 2.13. The van der Waals surface area contributed by atoms with E-state index in [0.29, 0.717) is 0 Å². The minimum absolute atomic E-state index is 0.0285. The number of aromatic carboxylic acids is 1. The zero-order chi connectivity index (χ0) is 16.7. The lowest BCUT2D eigenvalue weighted by Gasteiger charge is -2.14. The lowest BCUT2D eigenvalue weighted by molar-refractivity contribution is -0.385. The second-order valence-electron chi connectivity index (χ2n) is 4.76. The number of carboxylic acids is 1. The topological polar surface area (TPSA) is 118 Å². The number of fused-ring (bicyclic) bond motifs is 1. The van der Waals surface area contributed by atoms with Crippen molar-refractivity contribution in [2.45, 2.75) is 0 Å². The molecule has 0 bridgehead atoms. The number of nitrogens with zero attached hydrogens (tertiary/aromatic N) is 2. The molecule has 23 heavy (non-hydrogen) atoms. The van der Waals surface area contributed by atoms with Gasteiger partial charge in [0.15, 0.2) is 0 Å². The first kappa shape index (κ1) is 14.4. The molecule has 0 unspecified atom stereocenters. The summed E-state index contributed by atoms with van der Waals surface area (Å²) in [5.74, 6) is -2.72. The van der Waals surface area contributed by atoms with Gasteiger partial charge in [-0.3, -0.25) is 19.7 Å². The number of amides is 2. The van der Waals surface area contributed by atoms with E-state index in [9.17, 15) is 24.5 Å². The summed E-state index contributed by atoms with van der Waals surface area (Å²) in [4.78, 5) is 46.7. The summed E-state index contributed by atoms with van der Waals surface area (Å²) in [6.07, 6.45) is 0. The Labute approximate surface area is 128 Å². The number of imide groups is 1. The minimum atomic E-state index is -1.52. The van der Waals surface area contributed by atoms with Gasteiger partial charge in [0, 0.05) is 6.07 Å². The number of rotatable bonds is 3. The molecule has 8 heteroatoms. The predicted molar refractivity (Wildman–Crippen MR) is 77.6 cm³/mol. The number of nitro groups is 1. The summed E-state index contributed by atoms with van der Waals surface area (Å²) in [5.41, 5.74) is -0.832. The summed E-state index contributed by atoms with van der Waals surface area (Å²) in [5, 5.41) is 20.0. The van der Waals surface area contributed by atoms with Gasteiger partial charge in [-0.1, -0.05) is 12.1 Å². The van der Waals surface area contributed by atoms with Gasteiger partial charge in [0.25, 0.3) is 17.5 Å². The maximum Gasteiger partial charge on any atom is 0.342 e. The Hall–Kier alpha value is -3.55. The number of hydrogen-bond donors (Lipinski definition) is 1. The Kier molecular flexibility index (Phi) is 3.14. The molecule has 0 fully saturated rings. The number of nitro benzene ring substituents is 1. The second-order valence-corrected chi connectivity index (χ2v) is 4.76. The van der Waals surface area contributed by atoms with Crippen molar-refractivity contribution in [1.29, 1.82) is 0 Å². The van der Waals surface area contributed by atoms with Crippen molar-refractivity contribution < 1.29 is 24.4 Å². The molecule has 0 aromatic heterocycles. The van der Waals surface area contributed by atoms with Gasteiger partial charge < -0.3 is 5.11 Å². The van der Waals surface area contributed by atoms with Crippen LogP contribution < -0.4 is 4.90 Å². The highest BCUT2D eigenvalue weighted by atomic mass is 16.6. The molecular weight excluding hydrogens is 304 g/mol. The molecule has 114 valence electrons. The van der Waals surface area contributed by atoms with E-state index in [1.807, 2.05) is 0 Å². The first-order valence-electron chi connectivity index (χ1n) is 6.41. The molecule has 0 saturated heterocycles. The van der Waals surface area contributed by atoms with Gasteiger partial charge in [-0.2, -0.15) is 0 Å². The maximum absolute atomic E-state index is 12.3. The van der Waals surface area contributed by atoms with Crippen LogP contribution >= 0.6 is 0 Å². The van der Waals surface area contributed by atoms with Crippen molar-refractivity contribution in [1.82, 2.24) is 0 Å². The third-order valence-corrected chi connectivity index (χ3v) is 3.46. The van der Waals surface area contributed by atoms with E-state index in [1.54, 1.807) is 12.1 Å². The molecule has 0 aliphatic carbocycles. The number of carbonyl (C=O) groups is 3. The van der Waals surface area contributed by atoms with Crippen LogP contribution in [0.4, 0.5) is 11.4 Å². The Bertz CT molecular complexity index is 854. The SMILES string of the molecule is O=C(O)c1cc(N2C(=O)c3ccccc3C2=O)ccc1[N+](=O)[O-]. The number of benzene rings is 2. The average molecular weight is 312 g/mol. The van der Waals surface area contributed by atoms with Crippen molar-refractivity contribution in [2.24, 2.45) is 0 Å². The lowest BCUT2D eigenvalue weighted by atomic mass is 10.1. The standard InChI is InChI=1S/C15H8N2O6/c18-13-9-3-1-2-4-10(9)14(19)16(13)8-5-6-12(17(22)23)11(7-8)15(20)21/h1-7H,(H,20,21). The highest BCUT2D eigenvalue weighted by molar-refractivity contribution is 6.34. The second kappa shape index (κ2) is 5.02. The minimum Gasteiger partial charge on any atom is -0.477 e. The predicted octanol–water partition coefficient (Wildman–Crippen LogP) is 2.09. The van der Waals surface area contributed by atoms with Crippen LogP contribution in [-0.4, -0.2) is 27.8 Å². The lowest BCUT2D eigenvalue weighted by Crippen LogP contribution is -2.29. The van der Waals surface area contributed by atoms with E-state index in [0.717, 1.165) is 17.0 Å². The quantitative estimate of drug-likeness (QED) is 0.526. The van der Waals surface area contributed by atoms with Crippen LogP contribution in [0.15, 0.2) is 42.5 Å². The van der Waals surface area contributed by atoms with Crippen molar-refractivity contribution in [3.8, 4) is 0 Å². The van der Waals surface area contributed by atoms with Crippen LogP contribution in [0.1, 0.15) is 31.1 Å². The van der Waals surface area contributed by atoms with E-state index < -0.39 is 34.0 Å². The van der Waals surface area contributed by atoms with Crippen molar-refractivity contribution in [3.63, 3.8) is 0 Å². The molecule has 1 aliphatic heterocycles. The highest BCUT2D eigenvalue weighted by Gasteiger charge is 2.37. The molecule has 1 aliphatic rings. The van der Waals surface area contributed by atoms with Crippen molar-refractivity contribution >= 4 is 29.2 Å². The molecular formula is C15H8N2O6. The van der Waals surface area contributed by atoms with Crippen molar-refractivity contribution in [2.75, 3.05) is 4.90 Å². The Morgan fingerprint density at radius 2 is 1.61 bits per heavy atom. The number of anilines is 1. The third-order valence-electron chi connectivity index (χ3n) is 3.46. The van der Waals surface area contributed by atoms with Gasteiger partial charge >= 0.3 is 5.97 Å². The van der Waals surface area contributed by atoms with E-state index in [1.165, 1.54) is 18.2 Å². The zero-order valence-corrected chi connectivity index (χ0v) is 11.4. The van der Waals surface area contributed by atoms with E-state index in [-0.39, 0.29) is 16.8 Å². The first-order valence-corrected chi connectivity index (χ1v) is 6.41. The smallest absolute Gasteiger partial charge is 0.342 e. The monoisotopic (exact) mass is 312 g/mol. The van der Waals surface area contributed by atoms with Crippen LogP contribution in [-0.2, 0) is 0 Å². The van der Waals surface area contributed by atoms with Gasteiger partial charge in [0.1, 0.15) is 5.56 Å². The Balaban J connectivity index is 2.12. The van der Waals surface area contributed by atoms with Gasteiger partial charge in [0.2, 0.25) is 0 Å². The molecule has 1 heterocycles. The van der Waals surface area contributed by atoms with E-state index >= 15 is 0 Å². The normalized spacial score (nSPS) is 13.1. The fraction of sp³-hybridized carbons (Fsp3) is 0. The molecule has 8 nitrogen and oxygen atoms in total. The number of carbonyl (C=O) groups excluding carboxylic acids is 2. The highest BCUT2D eigenvalue weighted by Crippen LogP contribution is 2.31. The van der Waals surface area contributed by atoms with Crippen LogP contribution in [0.5, 0.6) is 0 Å². The van der Waals surface area contributed by atoms with E-state index in [2.05, 4.69) is 0 Å². The molecule has 2 amide bonds. The molecule has 3 rings (SSSR count). The number of carboxylic acid groups (broad SMARTS) is 1. The Morgan fingerprint density at radius 1 is 1.04 bits per heavy atom. The van der Waals surface area contributed by atoms with Gasteiger partial charge in [0.05, 0.1) is 21.7 Å². The summed E-state index contributed by atoms with van der Waals surface area (Å²) < 4.78 is 0. The molecule has 0 saturated carbocycles. The largest absolute Gasteiger partial charge is 0.477 e. The van der Waals surface area contributed by atoms with Crippen molar-refractivity contribution in [3.05, 3.63) is 69.3 Å². The fourth-order valence-corrected chi connectivity index (χ4v) is 2.42. The zero-order valence-electron chi connectivity index (χ0n) is 11.4. The van der Waals surface area contributed by atoms with Gasteiger partial charge in [-0.15, -0.1) is 0 Å². The van der Waals surface area contributed by atoms with Gasteiger partial charge in [-0.25, -0.2) is 9.69 Å². The summed E-state index contributed by atoms with van der Waals surface area (Å²) in [7, 11) is 0. The number of hydrogen-bond acceptors (Lipinski definition) is 5. The molecule has 1 N–H and O–H groups in total. The van der Waals surface area contributed by atoms with Crippen LogP contribution in [0.25, 0.3) is 0 Å². The molecule has 0 radical (unpaired) electrons. The molecule has 2 aromatic carbocycles. The molecule has 0 spiro atoms. The fourth-order valence-electron chi connectivity index (χ4n) is 2.42. The summed E-state index contributed by atoms with van der Waals surface area (Å²) >= 11 is 0.